The normalized spacial score (nSPS) is 14.2. The number of alkyl halides is 3. The van der Waals surface area contributed by atoms with Crippen LogP contribution >= 0.6 is 0 Å². The van der Waals surface area contributed by atoms with Gasteiger partial charge in [-0.1, -0.05) is 19.9 Å². The fourth-order valence-electron chi connectivity index (χ4n) is 4.22. The Hall–Kier alpha value is -4.13. The van der Waals surface area contributed by atoms with Crippen LogP contribution in [0.5, 0.6) is 5.75 Å². The zero-order valence-corrected chi connectivity index (χ0v) is 22.6. The first kappa shape index (κ1) is 30.4. The van der Waals surface area contributed by atoms with Crippen molar-refractivity contribution in [2.24, 2.45) is 5.92 Å². The molecule has 3 heterocycles. The first-order valence-electron chi connectivity index (χ1n) is 12.6. The van der Waals surface area contributed by atoms with Crippen LogP contribution in [0.2, 0.25) is 0 Å². The third-order valence-electron chi connectivity index (χ3n) is 6.35. The van der Waals surface area contributed by atoms with Crippen molar-refractivity contribution >= 4 is 34.3 Å². The first-order chi connectivity index (χ1) is 18.7. The lowest BCUT2D eigenvalue weighted by molar-refractivity contribution is -0.192. The number of nitrogens with zero attached hydrogens (tertiary/aromatic N) is 4. The Labute approximate surface area is 228 Å². The van der Waals surface area contributed by atoms with Gasteiger partial charge in [-0.15, -0.1) is 0 Å². The van der Waals surface area contributed by atoms with Gasteiger partial charge in [0, 0.05) is 50.0 Å². The molecule has 0 atom stereocenters. The van der Waals surface area contributed by atoms with Crippen LogP contribution < -0.4 is 15.8 Å². The fraction of sp³-hybridized carbons (Fsp3) is 0.407. The van der Waals surface area contributed by atoms with Crippen molar-refractivity contribution < 1.29 is 33.0 Å². The van der Waals surface area contributed by atoms with E-state index in [4.69, 9.17) is 9.90 Å². The zero-order valence-electron chi connectivity index (χ0n) is 22.6. The third kappa shape index (κ3) is 7.08. The van der Waals surface area contributed by atoms with E-state index in [1.54, 1.807) is 22.9 Å². The summed E-state index contributed by atoms with van der Waals surface area (Å²) in [6.07, 6.45) is -3.51. The van der Waals surface area contributed by atoms with Crippen molar-refractivity contribution in [2.45, 2.75) is 33.5 Å². The minimum atomic E-state index is -5.08. The quantitative estimate of drug-likeness (QED) is 0.429. The van der Waals surface area contributed by atoms with Crippen LogP contribution in [0.1, 0.15) is 29.8 Å². The molecular weight excluding hydrogens is 531 g/mol. The topological polar surface area (TPSA) is 128 Å². The summed E-state index contributed by atoms with van der Waals surface area (Å²) in [6, 6.07) is 9.29. The van der Waals surface area contributed by atoms with E-state index in [-0.39, 0.29) is 17.2 Å². The summed E-state index contributed by atoms with van der Waals surface area (Å²) in [6.45, 7) is 10.0. The summed E-state index contributed by atoms with van der Waals surface area (Å²) in [4.78, 5) is 44.2. The molecule has 13 heteroatoms. The number of carboxylic acids is 1. The molecule has 1 saturated heterocycles. The van der Waals surface area contributed by atoms with Gasteiger partial charge in [-0.25, -0.2) is 9.78 Å². The number of nitrogens with one attached hydrogen (secondary N) is 1. The Morgan fingerprint density at radius 2 is 1.75 bits per heavy atom. The van der Waals surface area contributed by atoms with Crippen LogP contribution in [-0.2, 0) is 11.3 Å². The number of piperazine rings is 1. The molecule has 0 aliphatic carbocycles. The van der Waals surface area contributed by atoms with E-state index in [0.29, 0.717) is 23.3 Å². The Morgan fingerprint density at radius 3 is 2.30 bits per heavy atom. The van der Waals surface area contributed by atoms with Crippen LogP contribution in [0, 0.1) is 12.8 Å². The van der Waals surface area contributed by atoms with Gasteiger partial charge in [0.05, 0.1) is 5.52 Å². The van der Waals surface area contributed by atoms with Crippen molar-refractivity contribution in [3.05, 3.63) is 58.0 Å². The number of aliphatic carboxylic acids is 1. The second-order valence-electron chi connectivity index (χ2n) is 9.95. The summed E-state index contributed by atoms with van der Waals surface area (Å²) in [7, 11) is 2.11. The van der Waals surface area contributed by atoms with E-state index in [9.17, 15) is 27.9 Å². The smallest absolute Gasteiger partial charge is 0.490 e. The number of fused-ring (bicyclic) bond motifs is 1. The molecule has 1 aromatic carbocycles. The lowest BCUT2D eigenvalue weighted by Gasteiger charge is -2.34. The lowest BCUT2D eigenvalue weighted by Crippen LogP contribution is -2.44. The first-order valence-corrected chi connectivity index (χ1v) is 12.6. The Bertz CT molecular complexity index is 1450. The number of anilines is 2. The number of rotatable bonds is 5. The maximum absolute atomic E-state index is 13.5. The average molecular weight is 564 g/mol. The Morgan fingerprint density at radius 1 is 1.12 bits per heavy atom. The molecule has 0 radical (unpaired) electrons. The van der Waals surface area contributed by atoms with Crippen molar-refractivity contribution in [2.75, 3.05) is 43.4 Å². The van der Waals surface area contributed by atoms with Gasteiger partial charge in [0.2, 0.25) is 0 Å². The highest BCUT2D eigenvalue weighted by molar-refractivity contribution is 6.09. The maximum Gasteiger partial charge on any atom is 0.490 e. The zero-order chi connectivity index (χ0) is 29.8. The highest BCUT2D eigenvalue weighted by atomic mass is 19.4. The fourth-order valence-corrected chi connectivity index (χ4v) is 4.22. The molecule has 1 amide bonds. The predicted octanol–water partition coefficient (Wildman–Crippen LogP) is 3.70. The van der Waals surface area contributed by atoms with E-state index in [1.165, 1.54) is 0 Å². The highest BCUT2D eigenvalue weighted by Crippen LogP contribution is 2.31. The molecule has 0 spiro atoms. The molecule has 0 saturated carbocycles. The second-order valence-corrected chi connectivity index (χ2v) is 9.95. The molecule has 1 aliphatic heterocycles. The minimum Gasteiger partial charge on any atom is -0.506 e. The monoisotopic (exact) mass is 563 g/mol. The molecule has 3 aromatic rings. The van der Waals surface area contributed by atoms with Crippen molar-refractivity contribution in [1.29, 1.82) is 0 Å². The van der Waals surface area contributed by atoms with Crippen LogP contribution in [0.25, 0.3) is 10.9 Å². The van der Waals surface area contributed by atoms with Crippen LogP contribution in [0.4, 0.5) is 24.7 Å². The molecule has 4 rings (SSSR count). The maximum atomic E-state index is 13.5. The molecule has 1 fully saturated rings. The van der Waals surface area contributed by atoms with Crippen molar-refractivity contribution in [3.8, 4) is 5.75 Å². The Balaban J connectivity index is 0.000000559. The van der Waals surface area contributed by atoms with Gasteiger partial charge in [-0.05, 0) is 49.7 Å². The molecule has 0 bridgehead atoms. The molecule has 40 heavy (non-hydrogen) atoms. The van der Waals surface area contributed by atoms with Gasteiger partial charge in [0.15, 0.2) is 0 Å². The second kappa shape index (κ2) is 12.4. The largest absolute Gasteiger partial charge is 0.506 e. The van der Waals surface area contributed by atoms with Crippen LogP contribution in [-0.4, -0.2) is 75.9 Å². The number of aryl methyl sites for hydroxylation is 1. The lowest BCUT2D eigenvalue weighted by atomic mass is 10.1. The molecule has 10 nitrogen and oxygen atoms in total. The van der Waals surface area contributed by atoms with Crippen molar-refractivity contribution in [3.63, 3.8) is 0 Å². The van der Waals surface area contributed by atoms with Gasteiger partial charge in [0.25, 0.3) is 11.5 Å². The van der Waals surface area contributed by atoms with E-state index >= 15 is 0 Å². The summed E-state index contributed by atoms with van der Waals surface area (Å²) in [5, 5.41) is 21.3. The summed E-state index contributed by atoms with van der Waals surface area (Å²) in [5.74, 6) is -3.18. The number of aromatic hydroxyl groups is 1. The summed E-state index contributed by atoms with van der Waals surface area (Å²) < 4.78 is 33.3. The minimum absolute atomic E-state index is 0.177. The van der Waals surface area contributed by atoms with E-state index < -0.39 is 23.6 Å². The van der Waals surface area contributed by atoms with Gasteiger partial charge in [-0.3, -0.25) is 9.59 Å². The van der Waals surface area contributed by atoms with Gasteiger partial charge < -0.3 is 29.9 Å². The van der Waals surface area contributed by atoms with E-state index in [2.05, 4.69) is 27.1 Å². The highest BCUT2D eigenvalue weighted by Gasteiger charge is 2.38. The third-order valence-corrected chi connectivity index (χ3v) is 6.35. The standard InChI is InChI=1S/C25H31N5O3.C2HF3O2/c1-16(2)15-30-20-14-18(29-12-10-28(4)11-13-29)7-8-19(20)22(31)21(25(30)33)24(32)27-23-17(3)6-5-9-26-23;3-2(4,5)1(6)7/h5-9,14,16,31H,10-13,15H2,1-4H3,(H,26,27,32);(H,6,7). The summed E-state index contributed by atoms with van der Waals surface area (Å²) >= 11 is 0. The van der Waals surface area contributed by atoms with E-state index in [1.807, 2.05) is 39.0 Å². The molecule has 0 unspecified atom stereocenters. The van der Waals surface area contributed by atoms with Gasteiger partial charge in [0.1, 0.15) is 17.1 Å². The number of halogens is 3. The number of carbonyl (C=O) groups excluding carboxylic acids is 1. The summed E-state index contributed by atoms with van der Waals surface area (Å²) in [5.41, 5.74) is 1.64. The van der Waals surface area contributed by atoms with Gasteiger partial charge in [-0.2, -0.15) is 13.2 Å². The number of hydrogen-bond donors (Lipinski definition) is 3. The molecule has 3 N–H and O–H groups in total. The SMILES string of the molecule is Cc1cccnc1NC(=O)c1c(O)c2ccc(N3CCN(C)CC3)cc2n(CC(C)C)c1=O.O=C(O)C(F)(F)F. The average Bonchev–Trinajstić information content (AvgIpc) is 2.88. The molecule has 216 valence electrons. The number of hydrogen-bond acceptors (Lipinski definition) is 7. The van der Waals surface area contributed by atoms with Crippen LogP contribution in [0.3, 0.4) is 0 Å². The number of likely N-dealkylation sites (N-methyl/N-ethyl adjacent to an activating group) is 1. The van der Waals surface area contributed by atoms with E-state index in [0.717, 1.165) is 37.4 Å². The number of aromatic nitrogens is 2. The molecule has 1 aliphatic rings. The number of pyridine rings is 2. The molecular formula is C27H32F3N5O5. The number of benzene rings is 1. The molecule has 2 aromatic heterocycles. The predicted molar refractivity (Wildman–Crippen MR) is 145 cm³/mol. The number of carboxylic acid groups (broad SMARTS) is 1. The number of amides is 1. The van der Waals surface area contributed by atoms with Gasteiger partial charge >= 0.3 is 12.1 Å². The van der Waals surface area contributed by atoms with Crippen LogP contribution in [0.15, 0.2) is 41.3 Å². The Kier molecular flexibility index (Phi) is 9.40. The van der Waals surface area contributed by atoms with Crippen molar-refractivity contribution in [1.82, 2.24) is 14.5 Å². The number of carbonyl (C=O) groups is 2.